The maximum absolute atomic E-state index is 13.2. The van der Waals surface area contributed by atoms with Crippen molar-refractivity contribution in [1.29, 1.82) is 0 Å². The van der Waals surface area contributed by atoms with Crippen LogP contribution in [-0.2, 0) is 21.2 Å². The van der Waals surface area contributed by atoms with E-state index < -0.39 is 46.8 Å². The lowest BCUT2D eigenvalue weighted by molar-refractivity contribution is -0.158. The van der Waals surface area contributed by atoms with Crippen molar-refractivity contribution in [3.8, 4) is 16.9 Å². The van der Waals surface area contributed by atoms with Crippen LogP contribution in [0.25, 0.3) is 11.1 Å². The molecule has 53 heavy (non-hydrogen) atoms. The SMILES string of the molecule is CCS(=O)(=O)CCN(CCCC(C)c1ccc(Cl)c(CN(c2cnccc2-c2ccccc2OC2CC2)C2CC2)c1)C(=O)[C@@H](O)[C@@H](O)[C@H](O)[C@@H](O)CO. The van der Waals surface area contributed by atoms with E-state index in [0.717, 1.165) is 64.3 Å². The zero-order chi connectivity index (χ0) is 38.3. The van der Waals surface area contributed by atoms with E-state index in [9.17, 15) is 33.6 Å². The molecule has 2 saturated carbocycles. The number of hydrogen-bond donors (Lipinski definition) is 5. The quantitative estimate of drug-likeness (QED) is 0.107. The maximum atomic E-state index is 13.2. The molecule has 2 aromatic carbocycles. The van der Waals surface area contributed by atoms with Gasteiger partial charge in [-0.25, -0.2) is 8.42 Å². The normalized spacial score (nSPS) is 17.4. The lowest BCUT2D eigenvalue weighted by Gasteiger charge is -2.30. The van der Waals surface area contributed by atoms with Gasteiger partial charge in [0, 0.05) is 53.8 Å². The monoisotopic (exact) mass is 773 g/mol. The van der Waals surface area contributed by atoms with Gasteiger partial charge in [-0.2, -0.15) is 0 Å². The number of ether oxygens (including phenoxy) is 1. The first-order valence-corrected chi connectivity index (χ1v) is 20.6. The Morgan fingerprint density at radius 3 is 2.42 bits per heavy atom. The molecule has 5 rings (SSSR count). The summed E-state index contributed by atoms with van der Waals surface area (Å²) in [6.45, 7) is 3.09. The number of pyridine rings is 1. The highest BCUT2D eigenvalue weighted by Crippen LogP contribution is 2.43. The molecule has 0 bridgehead atoms. The van der Waals surface area contributed by atoms with Crippen LogP contribution in [0, 0.1) is 0 Å². The van der Waals surface area contributed by atoms with Crippen molar-refractivity contribution < 1.29 is 43.5 Å². The third-order valence-electron chi connectivity index (χ3n) is 10.1. The van der Waals surface area contributed by atoms with Crippen LogP contribution in [0.15, 0.2) is 60.9 Å². The van der Waals surface area contributed by atoms with E-state index in [1.807, 2.05) is 42.6 Å². The fourth-order valence-corrected chi connectivity index (χ4v) is 7.30. The molecule has 1 aromatic heterocycles. The van der Waals surface area contributed by atoms with Crippen LogP contribution < -0.4 is 9.64 Å². The first kappa shape index (κ1) is 40.9. The molecule has 0 saturated heterocycles. The summed E-state index contributed by atoms with van der Waals surface area (Å²) in [7, 11) is -3.46. The largest absolute Gasteiger partial charge is 0.490 e. The maximum Gasteiger partial charge on any atom is 0.254 e. The van der Waals surface area contributed by atoms with Crippen molar-refractivity contribution in [2.45, 2.75) is 101 Å². The summed E-state index contributed by atoms with van der Waals surface area (Å²) >= 11 is 6.83. The van der Waals surface area contributed by atoms with Crippen LogP contribution in [0.1, 0.15) is 69.4 Å². The van der Waals surface area contributed by atoms with Gasteiger partial charge in [0.1, 0.15) is 24.1 Å². The summed E-state index contributed by atoms with van der Waals surface area (Å²) in [4.78, 5) is 21.3. The molecular weight excluding hydrogens is 722 g/mol. The number of para-hydroxylation sites is 1. The Labute approximate surface area is 316 Å². The van der Waals surface area contributed by atoms with Gasteiger partial charge in [-0.15, -0.1) is 0 Å². The molecule has 0 spiro atoms. The summed E-state index contributed by atoms with van der Waals surface area (Å²) in [6.07, 6.45) is 1.27. The van der Waals surface area contributed by atoms with Crippen molar-refractivity contribution in [2.75, 3.05) is 36.1 Å². The highest BCUT2D eigenvalue weighted by Gasteiger charge is 2.37. The first-order valence-electron chi connectivity index (χ1n) is 18.4. The molecule has 1 amide bonds. The Balaban J connectivity index is 1.29. The predicted octanol–water partition coefficient (Wildman–Crippen LogP) is 3.70. The molecule has 1 unspecified atom stereocenters. The van der Waals surface area contributed by atoms with Crippen LogP contribution >= 0.6 is 11.6 Å². The Bertz CT molecular complexity index is 1790. The Morgan fingerprint density at radius 1 is 1.00 bits per heavy atom. The third kappa shape index (κ3) is 10.9. The highest BCUT2D eigenvalue weighted by molar-refractivity contribution is 7.91. The number of nitrogens with zero attached hydrogens (tertiary/aromatic N) is 3. The van der Waals surface area contributed by atoms with Crippen LogP contribution in [0.5, 0.6) is 5.75 Å². The van der Waals surface area contributed by atoms with Gasteiger partial charge in [-0.05, 0) is 73.8 Å². The fraction of sp³-hybridized carbons (Fsp3) is 0.538. The summed E-state index contributed by atoms with van der Waals surface area (Å²) in [5, 5.41) is 50.4. The molecule has 5 N–H and O–H groups in total. The Morgan fingerprint density at radius 2 is 1.74 bits per heavy atom. The van der Waals surface area contributed by atoms with E-state index >= 15 is 0 Å². The zero-order valence-electron chi connectivity index (χ0n) is 30.3. The number of aliphatic hydroxyl groups excluding tert-OH is 5. The zero-order valence-corrected chi connectivity index (χ0v) is 31.9. The molecule has 290 valence electrons. The molecule has 0 radical (unpaired) electrons. The summed E-state index contributed by atoms with van der Waals surface area (Å²) < 4.78 is 30.8. The summed E-state index contributed by atoms with van der Waals surface area (Å²) in [5.74, 6) is -0.561. The number of sulfone groups is 1. The molecule has 2 aliphatic carbocycles. The van der Waals surface area contributed by atoms with Gasteiger partial charge in [0.05, 0.1) is 30.3 Å². The number of amides is 1. The second-order valence-electron chi connectivity index (χ2n) is 14.2. The number of carbonyl (C=O) groups is 1. The number of aliphatic hydroxyl groups is 5. The number of hydrogen-bond acceptors (Lipinski definition) is 11. The van der Waals surface area contributed by atoms with Gasteiger partial charge in [-0.1, -0.05) is 55.8 Å². The Hall–Kier alpha value is -3.30. The number of halogens is 1. The number of carbonyl (C=O) groups excluding carboxylic acids is 1. The summed E-state index contributed by atoms with van der Waals surface area (Å²) in [5.41, 5.74) is 5.08. The van der Waals surface area contributed by atoms with Crippen LogP contribution in [0.4, 0.5) is 5.69 Å². The first-order chi connectivity index (χ1) is 25.3. The van der Waals surface area contributed by atoms with E-state index in [1.165, 1.54) is 6.92 Å². The van der Waals surface area contributed by atoms with Crippen molar-refractivity contribution in [2.24, 2.45) is 0 Å². The average Bonchev–Trinajstić information content (AvgIpc) is 4.11. The molecule has 0 aliphatic heterocycles. The van der Waals surface area contributed by atoms with Crippen molar-refractivity contribution in [1.82, 2.24) is 9.88 Å². The molecule has 2 fully saturated rings. The van der Waals surface area contributed by atoms with Gasteiger partial charge < -0.3 is 40.1 Å². The van der Waals surface area contributed by atoms with Gasteiger partial charge in [0.2, 0.25) is 0 Å². The molecule has 5 atom stereocenters. The second-order valence-corrected chi connectivity index (χ2v) is 17.1. The molecule has 1 heterocycles. The minimum atomic E-state index is -3.46. The van der Waals surface area contributed by atoms with Gasteiger partial charge in [-0.3, -0.25) is 9.78 Å². The molecule has 2 aliphatic rings. The molecule has 14 heteroatoms. The predicted molar refractivity (Wildman–Crippen MR) is 204 cm³/mol. The lowest BCUT2D eigenvalue weighted by Crippen LogP contribution is -2.53. The minimum Gasteiger partial charge on any atom is -0.490 e. The van der Waals surface area contributed by atoms with Crippen molar-refractivity contribution >= 4 is 33.0 Å². The number of benzene rings is 2. The van der Waals surface area contributed by atoms with Crippen LogP contribution in [-0.4, -0.2) is 118 Å². The van der Waals surface area contributed by atoms with Gasteiger partial charge in [0.15, 0.2) is 15.9 Å². The number of aromatic nitrogens is 1. The van der Waals surface area contributed by atoms with E-state index in [2.05, 4.69) is 28.9 Å². The standard InChI is InChI=1S/C39H52ClN3O9S/c1-3-53(50,51)20-19-42(39(49)38(48)37(47)36(46)34(45)24-44)18-6-7-25(2)26-10-15-32(40)27(21-26)23-43(28-11-12-28)33-22-41-17-16-30(33)31-8-4-5-9-35(31)52-29-13-14-29/h4-5,8-10,15-17,21-22,25,28-29,34,36-38,44-48H,3,6-7,11-14,18-20,23-24H2,1-2H3/t25?,34-,36+,37-,38-/m0/s1. The fourth-order valence-electron chi connectivity index (χ4n) is 6.34. The van der Waals surface area contributed by atoms with Crippen molar-refractivity contribution in [3.05, 3.63) is 77.1 Å². The lowest BCUT2D eigenvalue weighted by atomic mass is 9.94. The summed E-state index contributed by atoms with van der Waals surface area (Å²) in [6, 6.07) is 16.5. The molecular formula is C39H52ClN3O9S. The number of anilines is 1. The van der Waals surface area contributed by atoms with Gasteiger partial charge >= 0.3 is 0 Å². The molecule has 12 nitrogen and oxygen atoms in total. The third-order valence-corrected chi connectivity index (χ3v) is 12.1. The smallest absolute Gasteiger partial charge is 0.254 e. The van der Waals surface area contributed by atoms with Gasteiger partial charge in [0.25, 0.3) is 5.91 Å². The average molecular weight is 774 g/mol. The van der Waals surface area contributed by atoms with E-state index in [4.69, 9.17) is 21.4 Å². The topological polar surface area (TPSA) is 181 Å². The van der Waals surface area contributed by atoms with Crippen LogP contribution in [0.2, 0.25) is 5.02 Å². The van der Waals surface area contributed by atoms with E-state index in [1.54, 1.807) is 6.20 Å². The Kier molecular flexibility index (Phi) is 14.2. The molecule has 3 aromatic rings. The van der Waals surface area contributed by atoms with E-state index in [-0.39, 0.29) is 36.6 Å². The van der Waals surface area contributed by atoms with Crippen LogP contribution in [0.3, 0.4) is 0 Å². The minimum absolute atomic E-state index is 0.0224. The van der Waals surface area contributed by atoms with E-state index in [0.29, 0.717) is 30.5 Å². The van der Waals surface area contributed by atoms with Crippen molar-refractivity contribution in [3.63, 3.8) is 0 Å². The second kappa shape index (κ2) is 18.4. The number of rotatable bonds is 21. The highest BCUT2D eigenvalue weighted by atomic mass is 35.5.